The minimum atomic E-state index is -1.83. The smallest absolute Gasteiger partial charge is 1.00 e. The third-order valence-electron chi connectivity index (χ3n) is 0.1000. The van der Waals surface area contributed by atoms with Crippen LogP contribution in [0.5, 0.6) is 0 Å². The molecule has 0 bridgehead atoms. The summed E-state index contributed by atoms with van der Waals surface area (Å²) < 4.78 is 0. The summed E-state index contributed by atoms with van der Waals surface area (Å²) in [7, 11) is 0. The van der Waals surface area contributed by atoms with E-state index >= 15 is 0 Å². The van der Waals surface area contributed by atoms with Crippen LogP contribution in [0.15, 0.2) is 0 Å². The van der Waals surface area contributed by atoms with Crippen molar-refractivity contribution in [3.63, 3.8) is 0 Å². The van der Waals surface area contributed by atoms with Gasteiger partial charge in [0.25, 0.3) is 0 Å². The molecule has 0 aromatic carbocycles. The van der Waals surface area contributed by atoms with E-state index in [-0.39, 0.29) is 45.3 Å². The van der Waals surface area contributed by atoms with Crippen molar-refractivity contribution in [3.05, 3.63) is 0 Å². The second-order valence-electron chi connectivity index (χ2n) is 0.730. The first-order valence-corrected chi connectivity index (χ1v) is 1.78. The minimum absolute atomic E-state index is 0. The first-order valence-electron chi connectivity index (χ1n) is 1.78. The first kappa shape index (κ1) is 22.5. The van der Waals surface area contributed by atoms with Crippen molar-refractivity contribution in [2.45, 2.75) is 0 Å². The zero-order valence-electron chi connectivity index (χ0n) is 7.53. The van der Waals surface area contributed by atoms with Crippen molar-refractivity contribution < 1.29 is 28.1 Å². The first-order chi connectivity index (χ1) is 3.65. The molecule has 0 aliphatic carbocycles. The maximum Gasteiger partial charge on any atom is 2.00 e. The molecule has 0 rings (SSSR count). The Balaban J connectivity index is -0.0000000112. The molecule has 7 heteroatoms. The Hall–Kier alpha value is -0.0838. The molecule has 0 spiro atoms. The molecule has 0 heterocycles. The molecule has 62 valence electrons. The van der Waals surface area contributed by atoms with Gasteiger partial charge in [-0.15, -0.1) is 0 Å². The summed E-state index contributed by atoms with van der Waals surface area (Å²) >= 11 is 0. The fraction of sp³-hybridized carbons (Fsp3) is 0.667. The summed E-state index contributed by atoms with van der Waals surface area (Å²) in [6, 6.07) is 0. The molecular weight excluding hydrogens is 154 g/mol. The van der Waals surface area contributed by atoms with Crippen molar-refractivity contribution in [1.82, 2.24) is 6.15 Å². The van der Waals surface area contributed by atoms with E-state index in [9.17, 15) is 0 Å². The van der Waals surface area contributed by atoms with Gasteiger partial charge in [0.1, 0.15) is 0 Å². The molecule has 6 nitrogen and oxygen atoms in total. The Morgan fingerprint density at radius 2 is 1.30 bits per heavy atom. The molecule has 0 aliphatic rings. The van der Waals surface area contributed by atoms with Gasteiger partial charge in [0.15, 0.2) is 0 Å². The van der Waals surface area contributed by atoms with Crippen LogP contribution in [-0.2, 0) is 0 Å². The van der Waals surface area contributed by atoms with E-state index in [0.717, 1.165) is 0 Å². The Kier molecular flexibility index (Phi) is 52.1. The third kappa shape index (κ3) is 451. The van der Waals surface area contributed by atoms with Crippen LogP contribution in [0.3, 0.4) is 0 Å². The Morgan fingerprint density at radius 1 is 1.20 bits per heavy atom. The summed E-state index contributed by atoms with van der Waals surface area (Å²) in [4.78, 5) is 8.56. The second kappa shape index (κ2) is 23.1. The average molecular weight is 167 g/mol. The second-order valence-corrected chi connectivity index (χ2v) is 0.730. The van der Waals surface area contributed by atoms with E-state index in [1.807, 2.05) is 0 Å². The van der Waals surface area contributed by atoms with Crippen molar-refractivity contribution in [2.75, 3.05) is 13.2 Å². The van der Waals surface area contributed by atoms with Crippen LogP contribution < -0.4 is 6.15 Å². The molecular formula is C3H13MgNO5. The van der Waals surface area contributed by atoms with E-state index in [0.29, 0.717) is 0 Å². The predicted molar refractivity (Wildman–Crippen MR) is 37.8 cm³/mol. The minimum Gasteiger partial charge on any atom is -1.00 e. The van der Waals surface area contributed by atoms with Gasteiger partial charge in [-0.05, 0) is 0 Å². The molecule has 0 aromatic heterocycles. The largest absolute Gasteiger partial charge is 2.00 e. The van der Waals surface area contributed by atoms with Crippen LogP contribution in [0.4, 0.5) is 4.79 Å². The maximum atomic E-state index is 8.56. The van der Waals surface area contributed by atoms with E-state index in [1.165, 1.54) is 0 Å². The topological polar surface area (TPSA) is 133 Å². The summed E-state index contributed by atoms with van der Waals surface area (Å²) in [6.07, 6.45) is -1.83. The monoisotopic (exact) mass is 167 g/mol. The van der Waals surface area contributed by atoms with Crippen LogP contribution in [0.1, 0.15) is 2.85 Å². The van der Waals surface area contributed by atoms with E-state index in [4.69, 9.17) is 25.2 Å². The van der Waals surface area contributed by atoms with Crippen molar-refractivity contribution >= 4 is 29.2 Å². The summed E-state index contributed by atoms with van der Waals surface area (Å²) in [5, 5.41) is 29.2. The fourth-order valence-electron chi connectivity index (χ4n) is 0. The number of hydrogen-bond donors (Lipinski definition) is 5. The summed E-state index contributed by atoms with van der Waals surface area (Å²) in [5.41, 5.74) is 0. The zero-order valence-corrected chi connectivity index (χ0v) is 6.94. The molecule has 10 heavy (non-hydrogen) atoms. The Labute approximate surface area is 77.2 Å². The normalized spacial score (nSPS) is 5.40. The molecule has 0 aromatic rings. The molecule has 0 amide bonds. The van der Waals surface area contributed by atoms with Gasteiger partial charge >= 0.3 is 29.2 Å². The Morgan fingerprint density at radius 3 is 1.30 bits per heavy atom. The third-order valence-corrected chi connectivity index (χ3v) is 0.1000. The van der Waals surface area contributed by atoms with Gasteiger partial charge in [-0.1, -0.05) is 0 Å². The summed E-state index contributed by atoms with van der Waals surface area (Å²) in [5.74, 6) is 0. The number of aliphatic hydroxyl groups is 2. The molecule has 0 saturated heterocycles. The van der Waals surface area contributed by atoms with Crippen LogP contribution in [0.25, 0.3) is 0 Å². The quantitative estimate of drug-likeness (QED) is 0.325. The van der Waals surface area contributed by atoms with Crippen LogP contribution in [0.2, 0.25) is 0 Å². The van der Waals surface area contributed by atoms with Gasteiger partial charge in [-0.2, -0.15) is 0 Å². The predicted octanol–water partition coefficient (Wildman–Crippen LogP) is -0.800. The molecule has 0 radical (unpaired) electrons. The van der Waals surface area contributed by atoms with Gasteiger partial charge in [0, 0.05) is 0 Å². The SMILES string of the molecule is N.O=C(O)O.OCCO.[H-].[H-].[Mg+2]. The standard InChI is InChI=1S/C2H6O2.CH2O3.Mg.H3N.2H/c3-1-2-4;2-1(3)4;;;;/h3-4H,1-2H2;(H2,2,3,4);;1H3;;/q;;+2;;2*-1. The van der Waals surface area contributed by atoms with Gasteiger partial charge in [-0.25, -0.2) is 4.79 Å². The molecule has 0 unspecified atom stereocenters. The maximum absolute atomic E-state index is 8.56. The zero-order chi connectivity index (χ0) is 6.99. The van der Waals surface area contributed by atoms with Crippen LogP contribution >= 0.6 is 0 Å². The number of carbonyl (C=O) groups is 1. The Bertz CT molecular complexity index is 62.7. The number of hydrogen-bond acceptors (Lipinski definition) is 4. The fourth-order valence-corrected chi connectivity index (χ4v) is 0. The van der Waals surface area contributed by atoms with E-state index < -0.39 is 6.16 Å². The van der Waals surface area contributed by atoms with Crippen molar-refractivity contribution in [3.8, 4) is 0 Å². The van der Waals surface area contributed by atoms with Crippen molar-refractivity contribution in [2.24, 2.45) is 0 Å². The van der Waals surface area contributed by atoms with E-state index in [1.54, 1.807) is 0 Å². The molecule has 0 saturated carbocycles. The van der Waals surface area contributed by atoms with Gasteiger partial charge in [0.2, 0.25) is 0 Å². The number of aliphatic hydroxyl groups excluding tert-OH is 2. The number of rotatable bonds is 1. The molecule has 0 aliphatic heterocycles. The van der Waals surface area contributed by atoms with E-state index in [2.05, 4.69) is 0 Å². The van der Waals surface area contributed by atoms with Crippen molar-refractivity contribution in [1.29, 1.82) is 0 Å². The van der Waals surface area contributed by atoms with Gasteiger partial charge in [-0.3, -0.25) is 0 Å². The van der Waals surface area contributed by atoms with Gasteiger partial charge < -0.3 is 29.4 Å². The van der Waals surface area contributed by atoms with Crippen LogP contribution in [0, 0.1) is 0 Å². The molecule has 0 atom stereocenters. The summed E-state index contributed by atoms with van der Waals surface area (Å²) in [6.45, 7) is -0.250. The number of carboxylic acid groups (broad SMARTS) is 2. The molecule has 7 N–H and O–H groups in total. The van der Waals surface area contributed by atoms with Crippen LogP contribution in [-0.4, -0.2) is 62.8 Å². The van der Waals surface area contributed by atoms with Gasteiger partial charge in [0.05, 0.1) is 13.2 Å². The molecule has 0 fully saturated rings. The average Bonchev–Trinajstić information content (AvgIpc) is 1.65.